The van der Waals surface area contributed by atoms with Crippen LogP contribution in [0.25, 0.3) is 0 Å². The second-order valence-electron chi connectivity index (χ2n) is 5.01. The number of likely N-dealkylation sites (N-methyl/N-ethyl adjacent to an activating group) is 1. The van der Waals surface area contributed by atoms with E-state index < -0.39 is 0 Å². The monoisotopic (exact) mass is 289 g/mol. The maximum Gasteiger partial charge on any atom is 0.317 e. The van der Waals surface area contributed by atoms with E-state index in [1.807, 2.05) is 19.1 Å². The summed E-state index contributed by atoms with van der Waals surface area (Å²) in [6.07, 6.45) is 4.31. The Kier molecular flexibility index (Phi) is 5.63. The predicted octanol–water partition coefficient (Wildman–Crippen LogP) is 1.59. The minimum atomic E-state index is -0.139. The van der Waals surface area contributed by atoms with Gasteiger partial charge in [-0.1, -0.05) is 24.3 Å². The van der Waals surface area contributed by atoms with Crippen molar-refractivity contribution in [1.82, 2.24) is 10.2 Å². The number of benzene rings is 1. The lowest BCUT2D eigenvalue weighted by atomic mass is 10.2. The van der Waals surface area contributed by atoms with Crippen molar-refractivity contribution in [3.05, 3.63) is 42.0 Å². The minimum Gasteiger partial charge on any atom is -0.395 e. The van der Waals surface area contributed by atoms with Crippen LogP contribution in [0.4, 0.5) is 10.5 Å². The van der Waals surface area contributed by atoms with Crippen LogP contribution in [0.5, 0.6) is 0 Å². The maximum absolute atomic E-state index is 12.0. The molecule has 0 aliphatic carbocycles. The van der Waals surface area contributed by atoms with Crippen LogP contribution in [-0.4, -0.2) is 48.8 Å². The van der Waals surface area contributed by atoms with E-state index >= 15 is 0 Å². The van der Waals surface area contributed by atoms with Gasteiger partial charge in [-0.05, 0) is 24.6 Å². The van der Waals surface area contributed by atoms with Gasteiger partial charge in [0.25, 0.3) is 0 Å². The number of carbonyl (C=O) groups excluding carboxylic acids is 1. The molecule has 0 unspecified atom stereocenters. The Morgan fingerprint density at radius 2 is 2.14 bits per heavy atom. The number of carbonyl (C=O) groups is 1. The fraction of sp³-hybridized carbons (Fsp3) is 0.438. The standard InChI is InChI=1S/C16H23N3O2/c1-2-18(10-11-20)16(21)17-13-14-6-5-7-15(12-14)19-8-3-4-9-19/h3-7,12,20H,2,8-11,13H2,1H3,(H,17,21). The lowest BCUT2D eigenvalue weighted by molar-refractivity contribution is 0.180. The van der Waals surface area contributed by atoms with Gasteiger partial charge in [0.1, 0.15) is 0 Å². The van der Waals surface area contributed by atoms with Crippen LogP contribution < -0.4 is 10.2 Å². The van der Waals surface area contributed by atoms with Crippen LogP contribution in [0.3, 0.4) is 0 Å². The topological polar surface area (TPSA) is 55.8 Å². The number of hydrogen-bond donors (Lipinski definition) is 2. The predicted molar refractivity (Wildman–Crippen MR) is 84.4 cm³/mol. The van der Waals surface area contributed by atoms with Crippen molar-refractivity contribution in [3.8, 4) is 0 Å². The number of hydrogen-bond acceptors (Lipinski definition) is 3. The van der Waals surface area contributed by atoms with Gasteiger partial charge in [0.2, 0.25) is 0 Å². The summed E-state index contributed by atoms with van der Waals surface area (Å²) in [5.74, 6) is 0. The number of rotatable bonds is 6. The molecule has 2 rings (SSSR count). The van der Waals surface area contributed by atoms with Crippen molar-refractivity contribution in [2.45, 2.75) is 13.5 Å². The summed E-state index contributed by atoms with van der Waals surface area (Å²) in [5, 5.41) is 11.8. The van der Waals surface area contributed by atoms with Crippen LogP contribution >= 0.6 is 0 Å². The third-order valence-electron chi connectivity index (χ3n) is 3.58. The SMILES string of the molecule is CCN(CCO)C(=O)NCc1cccc(N2CC=CC2)c1. The van der Waals surface area contributed by atoms with Gasteiger partial charge in [-0.25, -0.2) is 4.79 Å². The molecule has 0 saturated carbocycles. The van der Waals surface area contributed by atoms with Gasteiger partial charge < -0.3 is 20.2 Å². The molecular formula is C16H23N3O2. The Bertz CT molecular complexity index is 494. The van der Waals surface area contributed by atoms with Gasteiger partial charge in [0.15, 0.2) is 0 Å². The highest BCUT2D eigenvalue weighted by Gasteiger charge is 2.11. The number of anilines is 1. The molecule has 1 aromatic carbocycles. The van der Waals surface area contributed by atoms with Gasteiger partial charge in [-0.3, -0.25) is 0 Å². The normalized spacial score (nSPS) is 13.5. The van der Waals surface area contributed by atoms with Crippen molar-refractivity contribution in [2.24, 2.45) is 0 Å². The van der Waals surface area contributed by atoms with E-state index in [1.54, 1.807) is 4.90 Å². The third-order valence-corrected chi connectivity index (χ3v) is 3.58. The molecule has 2 amide bonds. The lowest BCUT2D eigenvalue weighted by Crippen LogP contribution is -2.41. The zero-order valence-electron chi connectivity index (χ0n) is 12.5. The summed E-state index contributed by atoms with van der Waals surface area (Å²) in [6.45, 7) is 5.21. The number of aliphatic hydroxyl groups is 1. The molecule has 5 heteroatoms. The first-order chi connectivity index (χ1) is 10.2. The highest BCUT2D eigenvalue weighted by molar-refractivity contribution is 5.74. The van der Waals surface area contributed by atoms with E-state index in [0.717, 1.165) is 18.7 Å². The van der Waals surface area contributed by atoms with Gasteiger partial charge in [0.05, 0.1) is 6.61 Å². The smallest absolute Gasteiger partial charge is 0.317 e. The highest BCUT2D eigenvalue weighted by Crippen LogP contribution is 2.18. The Hall–Kier alpha value is -2.01. The Labute approximate surface area is 125 Å². The van der Waals surface area contributed by atoms with E-state index in [1.165, 1.54) is 5.69 Å². The first kappa shape index (κ1) is 15.4. The van der Waals surface area contributed by atoms with E-state index in [0.29, 0.717) is 19.6 Å². The van der Waals surface area contributed by atoms with E-state index in [2.05, 4.69) is 34.5 Å². The van der Waals surface area contributed by atoms with E-state index in [-0.39, 0.29) is 12.6 Å². The number of amides is 2. The highest BCUT2D eigenvalue weighted by atomic mass is 16.3. The van der Waals surface area contributed by atoms with Crippen LogP contribution in [0.1, 0.15) is 12.5 Å². The number of aliphatic hydroxyl groups excluding tert-OH is 1. The van der Waals surface area contributed by atoms with Crippen molar-refractivity contribution < 1.29 is 9.90 Å². The minimum absolute atomic E-state index is 0.0152. The molecule has 0 aromatic heterocycles. The first-order valence-electron chi connectivity index (χ1n) is 7.37. The average Bonchev–Trinajstić information content (AvgIpc) is 3.05. The number of urea groups is 1. The van der Waals surface area contributed by atoms with Crippen LogP contribution in [0, 0.1) is 0 Å². The zero-order valence-corrected chi connectivity index (χ0v) is 12.5. The molecule has 1 aromatic rings. The second-order valence-corrected chi connectivity index (χ2v) is 5.01. The molecular weight excluding hydrogens is 266 g/mol. The molecule has 0 saturated heterocycles. The van der Waals surface area contributed by atoms with Crippen molar-refractivity contribution >= 4 is 11.7 Å². The molecule has 1 aliphatic heterocycles. The lowest BCUT2D eigenvalue weighted by Gasteiger charge is -2.21. The average molecular weight is 289 g/mol. The quantitative estimate of drug-likeness (QED) is 0.782. The van der Waals surface area contributed by atoms with E-state index in [4.69, 9.17) is 5.11 Å². The van der Waals surface area contributed by atoms with Crippen molar-refractivity contribution in [1.29, 1.82) is 0 Å². The van der Waals surface area contributed by atoms with Gasteiger partial charge in [0, 0.05) is 38.4 Å². The molecule has 2 N–H and O–H groups in total. The molecule has 0 radical (unpaired) electrons. The summed E-state index contributed by atoms with van der Waals surface area (Å²) in [6, 6.07) is 8.08. The Morgan fingerprint density at radius 1 is 1.38 bits per heavy atom. The van der Waals surface area contributed by atoms with Crippen LogP contribution in [-0.2, 0) is 6.54 Å². The molecule has 1 heterocycles. The molecule has 5 nitrogen and oxygen atoms in total. The third kappa shape index (κ3) is 4.23. The molecule has 114 valence electrons. The number of nitrogens with zero attached hydrogens (tertiary/aromatic N) is 2. The molecule has 0 bridgehead atoms. The van der Waals surface area contributed by atoms with E-state index in [9.17, 15) is 4.79 Å². The summed E-state index contributed by atoms with van der Waals surface area (Å²) >= 11 is 0. The van der Waals surface area contributed by atoms with Gasteiger partial charge in [-0.2, -0.15) is 0 Å². The largest absolute Gasteiger partial charge is 0.395 e. The Morgan fingerprint density at radius 3 is 2.81 bits per heavy atom. The molecule has 1 aliphatic rings. The fourth-order valence-electron chi connectivity index (χ4n) is 2.37. The summed E-state index contributed by atoms with van der Waals surface area (Å²) < 4.78 is 0. The molecule has 0 atom stereocenters. The van der Waals surface area contributed by atoms with Crippen LogP contribution in [0.15, 0.2) is 36.4 Å². The fourth-order valence-corrected chi connectivity index (χ4v) is 2.37. The van der Waals surface area contributed by atoms with Gasteiger partial charge in [-0.15, -0.1) is 0 Å². The maximum atomic E-state index is 12.0. The summed E-state index contributed by atoms with van der Waals surface area (Å²) in [7, 11) is 0. The van der Waals surface area contributed by atoms with Gasteiger partial charge >= 0.3 is 6.03 Å². The molecule has 0 fully saturated rings. The van der Waals surface area contributed by atoms with Crippen molar-refractivity contribution in [2.75, 3.05) is 37.7 Å². The van der Waals surface area contributed by atoms with Crippen LogP contribution in [0.2, 0.25) is 0 Å². The zero-order chi connectivity index (χ0) is 15.1. The number of nitrogens with one attached hydrogen (secondary N) is 1. The summed E-state index contributed by atoms with van der Waals surface area (Å²) in [5.41, 5.74) is 2.25. The second kappa shape index (κ2) is 7.69. The molecule has 21 heavy (non-hydrogen) atoms. The van der Waals surface area contributed by atoms with Crippen molar-refractivity contribution in [3.63, 3.8) is 0 Å². The summed E-state index contributed by atoms with van der Waals surface area (Å²) in [4.78, 5) is 15.8. The first-order valence-corrected chi connectivity index (χ1v) is 7.37. The Balaban J connectivity index is 1.90. The molecule has 0 spiro atoms.